The van der Waals surface area contributed by atoms with Crippen molar-refractivity contribution in [3.8, 4) is 0 Å². The van der Waals surface area contributed by atoms with Gasteiger partial charge in [-0.2, -0.15) is 0 Å². The van der Waals surface area contributed by atoms with Crippen molar-refractivity contribution in [3.63, 3.8) is 0 Å². The zero-order valence-electron chi connectivity index (χ0n) is 13.0. The second kappa shape index (κ2) is 6.74. The summed E-state index contributed by atoms with van der Waals surface area (Å²) in [6, 6.07) is 18.6. The summed E-state index contributed by atoms with van der Waals surface area (Å²) in [6.45, 7) is 0. The number of aromatic nitrogens is 2. The topological polar surface area (TPSA) is 80.0 Å². The molecule has 124 valence electrons. The van der Waals surface area contributed by atoms with E-state index < -0.39 is 6.04 Å². The minimum Gasteiger partial charge on any atom is -0.459 e. The van der Waals surface area contributed by atoms with Crippen molar-refractivity contribution in [1.29, 1.82) is 0 Å². The molecular weight excluding hydrogens is 336 g/mol. The molecule has 0 fully saturated rings. The van der Waals surface area contributed by atoms with Gasteiger partial charge in [-0.1, -0.05) is 59.9 Å². The maximum atomic E-state index is 12.4. The molecule has 25 heavy (non-hydrogen) atoms. The Bertz CT molecular complexity index is 950. The van der Waals surface area contributed by atoms with Gasteiger partial charge in [-0.25, -0.2) is 4.79 Å². The zero-order chi connectivity index (χ0) is 17.1. The minimum absolute atomic E-state index is 0.369. The number of hydrogen-bond donors (Lipinski definition) is 2. The number of amides is 2. The lowest BCUT2D eigenvalue weighted by Gasteiger charge is -2.17. The van der Waals surface area contributed by atoms with E-state index in [4.69, 9.17) is 4.42 Å². The number of rotatable bonds is 4. The van der Waals surface area contributed by atoms with E-state index in [0.29, 0.717) is 10.9 Å². The summed E-state index contributed by atoms with van der Waals surface area (Å²) in [4.78, 5) is 12.4. The smallest absolute Gasteiger partial charge is 0.321 e. The Hall–Kier alpha value is -3.19. The van der Waals surface area contributed by atoms with Gasteiger partial charge in [0.05, 0.1) is 0 Å². The van der Waals surface area contributed by atoms with Crippen molar-refractivity contribution >= 4 is 33.5 Å². The lowest BCUT2D eigenvalue weighted by Crippen LogP contribution is -2.33. The second-order valence-corrected chi connectivity index (χ2v) is 6.21. The number of benzene rings is 2. The van der Waals surface area contributed by atoms with E-state index in [2.05, 4.69) is 20.8 Å². The molecule has 0 aliphatic rings. The molecule has 7 heteroatoms. The third-order valence-corrected chi connectivity index (χ3v) is 4.32. The highest BCUT2D eigenvalue weighted by Crippen LogP contribution is 2.28. The van der Waals surface area contributed by atoms with E-state index in [1.807, 2.05) is 60.7 Å². The van der Waals surface area contributed by atoms with Gasteiger partial charge < -0.3 is 9.73 Å². The van der Waals surface area contributed by atoms with Gasteiger partial charge in [-0.05, 0) is 17.7 Å². The first-order valence-electron chi connectivity index (χ1n) is 7.67. The highest BCUT2D eigenvalue weighted by molar-refractivity contribution is 7.13. The van der Waals surface area contributed by atoms with E-state index in [1.165, 1.54) is 11.3 Å². The van der Waals surface area contributed by atoms with Gasteiger partial charge >= 0.3 is 6.03 Å². The Labute approximate surface area is 147 Å². The van der Waals surface area contributed by atoms with Crippen LogP contribution in [0.4, 0.5) is 9.93 Å². The fraction of sp³-hybridized carbons (Fsp3) is 0.0556. The summed E-state index contributed by atoms with van der Waals surface area (Å²) in [5, 5.41) is 14.6. The van der Waals surface area contributed by atoms with Crippen LogP contribution >= 0.6 is 11.3 Å². The molecule has 0 bridgehead atoms. The van der Waals surface area contributed by atoms with Gasteiger partial charge in [0, 0.05) is 5.39 Å². The molecule has 0 saturated heterocycles. The van der Waals surface area contributed by atoms with Crippen LogP contribution in [0, 0.1) is 0 Å². The number of carbonyl (C=O) groups excluding carboxylic acids is 1. The summed E-state index contributed by atoms with van der Waals surface area (Å²) in [5.41, 5.74) is 3.27. The second-order valence-electron chi connectivity index (χ2n) is 5.37. The Balaban J connectivity index is 1.65. The Morgan fingerprint density at radius 3 is 2.64 bits per heavy atom. The molecule has 2 aromatic carbocycles. The van der Waals surface area contributed by atoms with Crippen molar-refractivity contribution < 1.29 is 9.21 Å². The number of nitrogens with one attached hydrogen (secondary N) is 2. The minimum atomic E-state index is -0.415. The van der Waals surface area contributed by atoms with E-state index >= 15 is 0 Å². The average molecular weight is 350 g/mol. The molecule has 2 heterocycles. The standard InChI is InChI=1S/C18H14N4O2S/c23-17(21-18-22-19-11-25-18)20-16(12-6-2-1-3-7-12)15-10-13-8-4-5-9-14(13)24-15/h1-11,16H,(H2,20,21,22,23). The van der Waals surface area contributed by atoms with Gasteiger partial charge in [0.25, 0.3) is 0 Å². The lowest BCUT2D eigenvalue weighted by atomic mass is 10.0. The zero-order valence-corrected chi connectivity index (χ0v) is 13.9. The summed E-state index contributed by atoms with van der Waals surface area (Å²) in [5.74, 6) is 0.666. The predicted molar refractivity (Wildman–Crippen MR) is 96.6 cm³/mol. The number of nitrogens with zero attached hydrogens (tertiary/aromatic N) is 2. The van der Waals surface area contributed by atoms with E-state index in [9.17, 15) is 4.79 Å². The number of hydrogen-bond acceptors (Lipinski definition) is 5. The Morgan fingerprint density at radius 1 is 1.08 bits per heavy atom. The third kappa shape index (κ3) is 3.36. The molecule has 1 unspecified atom stereocenters. The number of para-hydroxylation sites is 1. The Kier molecular flexibility index (Phi) is 4.14. The van der Waals surface area contributed by atoms with Gasteiger partial charge in [0.15, 0.2) is 0 Å². The molecule has 4 aromatic rings. The van der Waals surface area contributed by atoms with Crippen LogP contribution in [0.3, 0.4) is 0 Å². The first kappa shape index (κ1) is 15.3. The van der Waals surface area contributed by atoms with Crippen molar-refractivity contribution in [2.75, 3.05) is 5.32 Å². The first-order valence-corrected chi connectivity index (χ1v) is 8.55. The molecule has 6 nitrogen and oxygen atoms in total. The first-order chi connectivity index (χ1) is 12.3. The monoisotopic (exact) mass is 350 g/mol. The molecule has 4 rings (SSSR count). The van der Waals surface area contributed by atoms with Gasteiger partial charge in [0.1, 0.15) is 22.9 Å². The molecule has 2 aromatic heterocycles. The third-order valence-electron chi connectivity index (χ3n) is 3.72. The van der Waals surface area contributed by atoms with Crippen LogP contribution in [0.5, 0.6) is 0 Å². The molecule has 2 amide bonds. The SMILES string of the molecule is O=C(Nc1nncs1)NC(c1ccccc1)c1cc2ccccc2o1. The average Bonchev–Trinajstić information content (AvgIpc) is 3.29. The molecule has 0 aliphatic carbocycles. The molecule has 0 radical (unpaired) electrons. The summed E-state index contributed by atoms with van der Waals surface area (Å²) in [6.07, 6.45) is 0. The number of furan rings is 1. The van der Waals surface area contributed by atoms with Crippen LogP contribution in [0.25, 0.3) is 11.0 Å². The van der Waals surface area contributed by atoms with Crippen molar-refractivity contribution in [3.05, 3.63) is 77.5 Å². The summed E-state index contributed by atoms with van der Waals surface area (Å²) in [7, 11) is 0. The quantitative estimate of drug-likeness (QED) is 0.578. The highest BCUT2D eigenvalue weighted by atomic mass is 32.1. The van der Waals surface area contributed by atoms with Crippen LogP contribution in [0.1, 0.15) is 17.4 Å². The van der Waals surface area contributed by atoms with Crippen LogP contribution < -0.4 is 10.6 Å². The fourth-order valence-electron chi connectivity index (χ4n) is 2.60. The van der Waals surface area contributed by atoms with Crippen molar-refractivity contribution in [1.82, 2.24) is 15.5 Å². The van der Waals surface area contributed by atoms with Crippen molar-refractivity contribution in [2.24, 2.45) is 0 Å². The van der Waals surface area contributed by atoms with Gasteiger partial charge in [0.2, 0.25) is 5.13 Å². The highest BCUT2D eigenvalue weighted by Gasteiger charge is 2.21. The molecule has 0 saturated carbocycles. The number of fused-ring (bicyclic) bond motifs is 1. The van der Waals surface area contributed by atoms with Crippen LogP contribution in [-0.4, -0.2) is 16.2 Å². The Morgan fingerprint density at radius 2 is 1.88 bits per heavy atom. The van der Waals surface area contributed by atoms with Crippen LogP contribution in [-0.2, 0) is 0 Å². The van der Waals surface area contributed by atoms with Crippen LogP contribution in [0.2, 0.25) is 0 Å². The normalized spacial score (nSPS) is 12.0. The maximum Gasteiger partial charge on any atom is 0.321 e. The van der Waals surface area contributed by atoms with E-state index in [0.717, 1.165) is 16.5 Å². The summed E-state index contributed by atoms with van der Waals surface area (Å²) >= 11 is 1.26. The molecule has 1 atom stereocenters. The fourth-order valence-corrected chi connectivity index (χ4v) is 3.04. The molecular formula is C18H14N4O2S. The van der Waals surface area contributed by atoms with Gasteiger partial charge in [-0.3, -0.25) is 5.32 Å². The molecule has 0 spiro atoms. The molecule has 0 aliphatic heterocycles. The predicted octanol–water partition coefficient (Wildman–Crippen LogP) is 4.20. The lowest BCUT2D eigenvalue weighted by molar-refractivity contribution is 0.248. The van der Waals surface area contributed by atoms with E-state index in [1.54, 1.807) is 5.51 Å². The largest absolute Gasteiger partial charge is 0.459 e. The maximum absolute atomic E-state index is 12.4. The van der Waals surface area contributed by atoms with Crippen LogP contribution in [0.15, 0.2) is 70.6 Å². The van der Waals surface area contributed by atoms with Crippen molar-refractivity contribution in [2.45, 2.75) is 6.04 Å². The summed E-state index contributed by atoms with van der Waals surface area (Å²) < 4.78 is 5.95. The number of anilines is 1. The molecule has 2 N–H and O–H groups in total. The number of urea groups is 1. The van der Waals surface area contributed by atoms with Gasteiger partial charge in [-0.15, -0.1) is 10.2 Å². The van der Waals surface area contributed by atoms with E-state index in [-0.39, 0.29) is 6.03 Å². The number of carbonyl (C=O) groups is 1.